The van der Waals surface area contributed by atoms with Crippen LogP contribution in [0, 0.1) is 0 Å². The number of halogens is 1. The number of rotatable bonds is 7. The van der Waals surface area contributed by atoms with Gasteiger partial charge in [-0.15, -0.1) is 0 Å². The third-order valence-corrected chi connectivity index (χ3v) is 5.42. The summed E-state index contributed by atoms with van der Waals surface area (Å²) in [6.07, 6.45) is 0. The monoisotopic (exact) mass is 464 g/mol. The molecule has 8 heteroatoms. The van der Waals surface area contributed by atoms with Crippen LogP contribution in [0.5, 0.6) is 17.2 Å². The van der Waals surface area contributed by atoms with Crippen LogP contribution < -0.4 is 24.4 Å². The van der Waals surface area contributed by atoms with E-state index in [1.165, 1.54) is 14.2 Å². The zero-order valence-corrected chi connectivity index (χ0v) is 19.0. The van der Waals surface area contributed by atoms with Gasteiger partial charge in [0, 0.05) is 28.9 Å². The third kappa shape index (κ3) is 4.36. The lowest BCUT2D eigenvalue weighted by molar-refractivity contribution is -0.120. The van der Waals surface area contributed by atoms with E-state index in [2.05, 4.69) is 5.32 Å². The van der Waals surface area contributed by atoms with Gasteiger partial charge in [-0.05, 0) is 42.0 Å². The van der Waals surface area contributed by atoms with Crippen molar-refractivity contribution in [1.82, 2.24) is 0 Å². The Hall–Kier alpha value is -3.97. The Labute approximate surface area is 196 Å². The molecule has 0 aromatic heterocycles. The summed E-state index contributed by atoms with van der Waals surface area (Å²) in [5.41, 5.74) is 1.89. The molecule has 1 aliphatic rings. The van der Waals surface area contributed by atoms with Crippen LogP contribution in [-0.4, -0.2) is 33.1 Å². The first-order valence-corrected chi connectivity index (χ1v) is 10.4. The maximum atomic E-state index is 13.5. The second-order valence-corrected chi connectivity index (χ2v) is 7.56. The molecule has 0 fully saturated rings. The van der Waals surface area contributed by atoms with Gasteiger partial charge in [0.15, 0.2) is 0 Å². The molecule has 0 bridgehead atoms. The molecule has 168 valence electrons. The molecule has 0 saturated heterocycles. The van der Waals surface area contributed by atoms with Crippen molar-refractivity contribution in [2.75, 3.05) is 31.5 Å². The molecule has 0 unspecified atom stereocenters. The summed E-state index contributed by atoms with van der Waals surface area (Å²) in [4.78, 5) is 28.1. The van der Waals surface area contributed by atoms with Gasteiger partial charge in [-0.1, -0.05) is 23.7 Å². The summed E-state index contributed by atoms with van der Waals surface area (Å²) in [5, 5.41) is 3.61. The maximum absolute atomic E-state index is 13.5. The van der Waals surface area contributed by atoms with Gasteiger partial charge in [-0.3, -0.25) is 9.59 Å². The molecule has 3 aromatic rings. The zero-order valence-electron chi connectivity index (χ0n) is 18.2. The number of carbonyl (C=O) groups is 2. The van der Waals surface area contributed by atoms with E-state index < -0.39 is 11.8 Å². The first-order valence-electron chi connectivity index (χ1n) is 9.98. The molecule has 0 aliphatic carbocycles. The minimum Gasteiger partial charge on any atom is -0.497 e. The molecule has 0 atom stereocenters. The van der Waals surface area contributed by atoms with E-state index in [0.29, 0.717) is 39.2 Å². The van der Waals surface area contributed by atoms with E-state index >= 15 is 0 Å². The summed E-state index contributed by atoms with van der Waals surface area (Å²) in [6.45, 7) is 0. The predicted octanol–water partition coefficient (Wildman–Crippen LogP) is 4.76. The fraction of sp³-hybridized carbons (Fsp3) is 0.120. The Balaban J connectivity index is 1.82. The fourth-order valence-corrected chi connectivity index (χ4v) is 3.65. The highest BCUT2D eigenvalue weighted by atomic mass is 35.5. The molecule has 0 spiro atoms. The minimum atomic E-state index is -0.491. The van der Waals surface area contributed by atoms with Crippen LogP contribution in [-0.2, 0) is 9.59 Å². The lowest BCUT2D eigenvalue weighted by atomic mass is 10.0. The second kappa shape index (κ2) is 9.26. The first-order chi connectivity index (χ1) is 15.9. The number of hydrogen-bond acceptors (Lipinski definition) is 6. The SMILES string of the molecule is COc1ccc(C2=C(Nc3cc(OC)cc(OC)c3)C(=O)N(c3ccc(Cl)cc3)C2=O)cc1. The number of carbonyl (C=O) groups excluding carboxylic acids is 2. The maximum Gasteiger partial charge on any atom is 0.282 e. The Morgan fingerprint density at radius 2 is 1.30 bits per heavy atom. The van der Waals surface area contributed by atoms with Crippen molar-refractivity contribution in [1.29, 1.82) is 0 Å². The molecular weight excluding hydrogens is 444 g/mol. The van der Waals surface area contributed by atoms with Crippen LogP contribution in [0.2, 0.25) is 5.02 Å². The number of ether oxygens (including phenoxy) is 3. The Bertz CT molecular complexity index is 1210. The van der Waals surface area contributed by atoms with Crippen molar-refractivity contribution in [3.63, 3.8) is 0 Å². The molecule has 3 aromatic carbocycles. The Kier molecular flexibility index (Phi) is 6.24. The highest BCUT2D eigenvalue weighted by molar-refractivity contribution is 6.46. The molecule has 33 heavy (non-hydrogen) atoms. The molecule has 1 aliphatic heterocycles. The predicted molar refractivity (Wildman–Crippen MR) is 127 cm³/mol. The molecule has 2 amide bonds. The Morgan fingerprint density at radius 3 is 1.85 bits per heavy atom. The van der Waals surface area contributed by atoms with E-state index in [0.717, 1.165) is 4.90 Å². The third-order valence-electron chi connectivity index (χ3n) is 5.17. The summed E-state index contributed by atoms with van der Waals surface area (Å²) in [5.74, 6) is 0.766. The number of benzene rings is 3. The van der Waals surface area contributed by atoms with Gasteiger partial charge in [0.2, 0.25) is 0 Å². The normalized spacial score (nSPS) is 13.4. The van der Waals surface area contributed by atoms with Crippen LogP contribution >= 0.6 is 11.6 Å². The van der Waals surface area contributed by atoms with Crippen molar-refractivity contribution >= 4 is 40.4 Å². The summed E-state index contributed by atoms with van der Waals surface area (Å²) >= 11 is 5.99. The molecule has 7 nitrogen and oxygen atoms in total. The molecule has 0 saturated carbocycles. The van der Waals surface area contributed by atoms with Crippen molar-refractivity contribution in [3.05, 3.63) is 83.0 Å². The van der Waals surface area contributed by atoms with Crippen molar-refractivity contribution in [2.45, 2.75) is 0 Å². The average molecular weight is 465 g/mol. The van der Waals surface area contributed by atoms with Gasteiger partial charge >= 0.3 is 0 Å². The smallest absolute Gasteiger partial charge is 0.282 e. The van der Waals surface area contributed by atoms with E-state index in [-0.39, 0.29) is 11.3 Å². The van der Waals surface area contributed by atoms with E-state index in [9.17, 15) is 9.59 Å². The van der Waals surface area contributed by atoms with Gasteiger partial charge in [0.25, 0.3) is 11.8 Å². The van der Waals surface area contributed by atoms with Crippen molar-refractivity contribution < 1.29 is 23.8 Å². The average Bonchev–Trinajstić information content (AvgIpc) is 3.08. The molecule has 4 rings (SSSR count). The largest absolute Gasteiger partial charge is 0.497 e. The summed E-state index contributed by atoms with van der Waals surface area (Å²) in [7, 11) is 4.63. The van der Waals surface area contributed by atoms with Gasteiger partial charge in [-0.2, -0.15) is 0 Å². The fourth-order valence-electron chi connectivity index (χ4n) is 3.52. The number of anilines is 2. The standard InChI is InChI=1S/C25H21ClN2O5/c1-31-19-10-4-15(5-11-19)22-23(27-17-12-20(32-2)14-21(13-17)33-3)25(30)28(24(22)29)18-8-6-16(26)7-9-18/h4-14,27H,1-3H3. The molecule has 0 radical (unpaired) electrons. The lowest BCUT2D eigenvalue weighted by Gasteiger charge is -2.16. The van der Waals surface area contributed by atoms with Gasteiger partial charge < -0.3 is 19.5 Å². The number of nitrogens with zero attached hydrogens (tertiary/aromatic N) is 1. The number of hydrogen-bond donors (Lipinski definition) is 1. The molecular formula is C25H21ClN2O5. The summed E-state index contributed by atoms with van der Waals surface area (Å²) in [6, 6.07) is 18.6. The van der Waals surface area contributed by atoms with Gasteiger partial charge in [0.05, 0.1) is 32.6 Å². The van der Waals surface area contributed by atoms with Crippen LogP contribution in [0.3, 0.4) is 0 Å². The van der Waals surface area contributed by atoms with E-state index in [1.54, 1.807) is 73.8 Å². The first kappa shape index (κ1) is 22.2. The number of amides is 2. The van der Waals surface area contributed by atoms with Crippen LogP contribution in [0.15, 0.2) is 72.4 Å². The lowest BCUT2D eigenvalue weighted by Crippen LogP contribution is -2.32. The highest BCUT2D eigenvalue weighted by Gasteiger charge is 2.40. The summed E-state index contributed by atoms with van der Waals surface area (Å²) < 4.78 is 15.9. The molecule has 1 heterocycles. The van der Waals surface area contributed by atoms with Gasteiger partial charge in [0.1, 0.15) is 22.9 Å². The highest BCUT2D eigenvalue weighted by Crippen LogP contribution is 2.36. The number of nitrogens with one attached hydrogen (secondary N) is 1. The van der Waals surface area contributed by atoms with Crippen molar-refractivity contribution in [3.8, 4) is 17.2 Å². The topological polar surface area (TPSA) is 77.1 Å². The van der Waals surface area contributed by atoms with E-state index in [4.69, 9.17) is 25.8 Å². The minimum absolute atomic E-state index is 0.135. The zero-order chi connectivity index (χ0) is 23.5. The number of imide groups is 1. The van der Waals surface area contributed by atoms with Crippen LogP contribution in [0.25, 0.3) is 5.57 Å². The van der Waals surface area contributed by atoms with Crippen LogP contribution in [0.4, 0.5) is 11.4 Å². The quantitative estimate of drug-likeness (QED) is 0.508. The van der Waals surface area contributed by atoms with Gasteiger partial charge in [-0.25, -0.2) is 4.90 Å². The van der Waals surface area contributed by atoms with E-state index in [1.807, 2.05) is 0 Å². The molecule has 1 N–H and O–H groups in total. The van der Waals surface area contributed by atoms with Crippen molar-refractivity contribution in [2.24, 2.45) is 0 Å². The number of methoxy groups -OCH3 is 3. The second-order valence-electron chi connectivity index (χ2n) is 7.13. The van der Waals surface area contributed by atoms with Crippen LogP contribution in [0.1, 0.15) is 5.56 Å². The Morgan fingerprint density at radius 1 is 0.727 bits per heavy atom.